The second-order valence-electron chi connectivity index (χ2n) is 12.1. The summed E-state index contributed by atoms with van der Waals surface area (Å²) in [7, 11) is 0. The lowest BCUT2D eigenvalue weighted by Gasteiger charge is -2.47. The summed E-state index contributed by atoms with van der Waals surface area (Å²) in [6.45, 7) is 2.91. The van der Waals surface area contributed by atoms with E-state index < -0.39 is 131 Å². The summed E-state index contributed by atoms with van der Waals surface area (Å²) < 4.78 is 535. The van der Waals surface area contributed by atoms with Crippen LogP contribution in [-0.2, 0) is 9.53 Å². The largest absolute Gasteiger partial charge is 0.473 e. The molecule has 0 atom stereocenters. The van der Waals surface area contributed by atoms with Crippen molar-refractivity contribution in [2.24, 2.45) is 0 Å². The minimum Gasteiger partial charge on any atom is -0.393 e. The zero-order chi connectivity index (χ0) is 54.1. The lowest BCUT2D eigenvalue weighted by atomic mass is 9.82. The van der Waals surface area contributed by atoms with Crippen LogP contribution in [0.4, 0.5) is 171 Å². The fourth-order valence-corrected chi connectivity index (χ4v) is 3.72. The molecule has 388 valence electrons. The number of hydrogen-bond acceptors (Lipinski definition) is 2. The van der Waals surface area contributed by atoms with Crippen LogP contribution in [-0.4, -0.2) is 119 Å². The Morgan fingerprint density at radius 1 is 0.292 bits per heavy atom. The number of ether oxygens (including phenoxy) is 1. The van der Waals surface area contributed by atoms with E-state index >= 15 is 0 Å². The first-order valence-corrected chi connectivity index (χ1v) is 14.1. The molecule has 65 heavy (non-hydrogen) atoms. The minimum absolute atomic E-state index is 0.584. The molecule has 0 aromatic heterocycles. The molecular formula is C24H7F39O2. The number of carbonyl (C=O) groups is 1. The van der Waals surface area contributed by atoms with Gasteiger partial charge in [-0.25, -0.2) is 4.79 Å². The molecule has 2 nitrogen and oxygen atoms in total. The topological polar surface area (TPSA) is 26.3 Å². The second-order valence-corrected chi connectivity index (χ2v) is 12.1. The van der Waals surface area contributed by atoms with Gasteiger partial charge in [0.25, 0.3) is 0 Å². The van der Waals surface area contributed by atoms with Crippen molar-refractivity contribution in [1.29, 1.82) is 0 Å². The van der Waals surface area contributed by atoms with Gasteiger partial charge in [0, 0.05) is 5.57 Å². The van der Waals surface area contributed by atoms with Crippen LogP contribution >= 0.6 is 0 Å². The quantitative estimate of drug-likeness (QED) is 0.0690. The number of halogens is 39. The Morgan fingerprint density at radius 2 is 0.431 bits per heavy atom. The molecule has 0 saturated heterocycles. The van der Waals surface area contributed by atoms with Crippen LogP contribution in [0.15, 0.2) is 12.2 Å². The second kappa shape index (κ2) is 15.2. The molecule has 0 aliphatic rings. The van der Waals surface area contributed by atoms with Crippen molar-refractivity contribution in [1.82, 2.24) is 0 Å². The molecule has 0 aliphatic heterocycles. The van der Waals surface area contributed by atoms with Crippen LogP contribution in [0.25, 0.3) is 0 Å². The van der Waals surface area contributed by atoms with Gasteiger partial charge in [0.05, 0.1) is 0 Å². The Labute approximate surface area is 326 Å². The van der Waals surface area contributed by atoms with Gasteiger partial charge in [-0.15, -0.1) is 0 Å². The van der Waals surface area contributed by atoms with Gasteiger partial charge in [-0.1, -0.05) is 13.5 Å². The van der Waals surface area contributed by atoms with Crippen molar-refractivity contribution in [2.75, 3.05) is 0 Å². The van der Waals surface area contributed by atoms with Gasteiger partial charge >= 0.3 is 119 Å². The van der Waals surface area contributed by atoms with E-state index in [9.17, 15) is 176 Å². The first kappa shape index (κ1) is 61.5. The Balaban J connectivity index is 7.92. The molecule has 0 aliphatic carbocycles. The molecule has 0 bridgehead atoms. The molecule has 0 heterocycles. The minimum atomic E-state index is -10.6. The summed E-state index contributed by atoms with van der Waals surface area (Å²) in [5.41, 5.74) is -1.64. The van der Waals surface area contributed by atoms with Crippen LogP contribution in [0.1, 0.15) is 13.3 Å². The Hall–Kier alpha value is -3.52. The van der Waals surface area contributed by atoms with Crippen molar-refractivity contribution >= 4 is 5.97 Å². The maximum absolute atomic E-state index is 14.1. The molecule has 0 N–H and O–H groups in total. The lowest BCUT2D eigenvalue weighted by molar-refractivity contribution is -0.496. The predicted octanol–water partition coefficient (Wildman–Crippen LogP) is 13.5. The van der Waals surface area contributed by atoms with Crippen molar-refractivity contribution in [2.45, 2.75) is 126 Å². The molecule has 0 rings (SSSR count). The fourth-order valence-electron chi connectivity index (χ4n) is 3.72. The molecule has 41 heteroatoms. The summed E-state index contributed by atoms with van der Waals surface area (Å²) in [6.07, 6.45) is -17.5. The van der Waals surface area contributed by atoms with Crippen molar-refractivity contribution in [3.05, 3.63) is 12.2 Å². The Kier molecular flexibility index (Phi) is 14.4. The highest BCUT2D eigenvalue weighted by atomic mass is 19.4. The first-order valence-electron chi connectivity index (χ1n) is 14.1. The molecule has 0 aromatic carbocycles. The van der Waals surface area contributed by atoms with Gasteiger partial charge in [0.1, 0.15) is 0 Å². The van der Waals surface area contributed by atoms with E-state index in [4.69, 9.17) is 0 Å². The maximum Gasteiger partial charge on any atom is 0.473 e. The van der Waals surface area contributed by atoms with Crippen LogP contribution < -0.4 is 0 Å². The SMILES string of the molecule is C=C(CC)C(=O)OC(F)(F)C(F)(F)C(F)(F)C(F)(F)C(F)(F)C(F)(F)C(F)(F)C(F)(F)C(F)(F)C(F)(F)C(F)(F)C(F)(F)C(F)(F)C(F)(F)C(F)(F)C(F)(F)C(F)(F)C(F)(F)C(F)(F)F. The van der Waals surface area contributed by atoms with Crippen LogP contribution in [0.3, 0.4) is 0 Å². The van der Waals surface area contributed by atoms with Gasteiger partial charge in [0.2, 0.25) is 0 Å². The normalized spacial score (nSPS) is 16.8. The third kappa shape index (κ3) is 7.20. The highest BCUT2D eigenvalue weighted by molar-refractivity contribution is 5.87. The third-order valence-electron chi connectivity index (χ3n) is 7.97. The zero-order valence-corrected chi connectivity index (χ0v) is 28.5. The third-order valence-corrected chi connectivity index (χ3v) is 7.97. The number of hydrogen-bond donors (Lipinski definition) is 0. The highest BCUT2D eigenvalue weighted by Crippen LogP contribution is 2.71. The van der Waals surface area contributed by atoms with Crippen molar-refractivity contribution < 1.29 is 181 Å². The summed E-state index contributed by atoms with van der Waals surface area (Å²) in [5, 5.41) is 0. The summed E-state index contributed by atoms with van der Waals surface area (Å²) in [5.74, 6) is -174. The average Bonchev–Trinajstić information content (AvgIpc) is 3.08. The van der Waals surface area contributed by atoms with E-state index in [1.165, 1.54) is 0 Å². The van der Waals surface area contributed by atoms with E-state index in [1.807, 2.05) is 0 Å². The van der Waals surface area contributed by atoms with Crippen molar-refractivity contribution in [3.63, 3.8) is 0 Å². The van der Waals surface area contributed by atoms with Gasteiger partial charge < -0.3 is 4.74 Å². The van der Waals surface area contributed by atoms with Crippen molar-refractivity contribution in [3.8, 4) is 0 Å². The van der Waals surface area contributed by atoms with E-state index in [0.717, 1.165) is 0 Å². The molecule has 0 radical (unpaired) electrons. The molecule has 0 fully saturated rings. The van der Waals surface area contributed by atoms with Gasteiger partial charge in [-0.3, -0.25) is 0 Å². The molecule has 0 spiro atoms. The van der Waals surface area contributed by atoms with Crippen LogP contribution in [0, 0.1) is 0 Å². The zero-order valence-electron chi connectivity index (χ0n) is 28.5. The average molecular weight is 1070 g/mol. The van der Waals surface area contributed by atoms with E-state index in [1.54, 1.807) is 0 Å². The van der Waals surface area contributed by atoms with Gasteiger partial charge in [-0.2, -0.15) is 171 Å². The summed E-state index contributed by atoms with van der Waals surface area (Å²) in [4.78, 5) is 11.1. The molecule has 0 saturated carbocycles. The van der Waals surface area contributed by atoms with Gasteiger partial charge in [-0.05, 0) is 6.42 Å². The van der Waals surface area contributed by atoms with Crippen LogP contribution in [0.2, 0.25) is 0 Å². The Bertz CT molecular complexity index is 1780. The van der Waals surface area contributed by atoms with E-state index in [0.29, 0.717) is 6.92 Å². The molecule has 0 aromatic rings. The monoisotopic (exact) mass is 1070 g/mol. The number of rotatable bonds is 20. The van der Waals surface area contributed by atoms with E-state index in [-0.39, 0.29) is 0 Å². The first-order chi connectivity index (χ1) is 27.4. The molecular weight excluding hydrogens is 1060 g/mol. The Morgan fingerprint density at radius 3 is 0.569 bits per heavy atom. The van der Waals surface area contributed by atoms with Crippen LogP contribution in [0.5, 0.6) is 0 Å². The number of alkyl halides is 39. The number of esters is 1. The van der Waals surface area contributed by atoms with Gasteiger partial charge in [0.15, 0.2) is 0 Å². The molecule has 0 unspecified atom stereocenters. The lowest BCUT2D eigenvalue weighted by Crippen LogP contribution is -2.80. The van der Waals surface area contributed by atoms with E-state index in [2.05, 4.69) is 11.3 Å². The standard InChI is InChI=1S/C24H7F39O2/c1-3-4(2)5(64)65-24(62,63)22(57,58)20(53,54)18(49,50)16(45,46)14(41,42)12(37,38)10(33,34)8(29,30)6(25,26)7(27,28)9(31,32)11(35,36)13(39,40)15(43,44)17(47,48)19(51,52)21(55,56)23(59,60)61/h2-3H2,1H3. The summed E-state index contributed by atoms with van der Waals surface area (Å²) in [6, 6.07) is 0. The predicted molar refractivity (Wildman–Crippen MR) is 121 cm³/mol. The fraction of sp³-hybridized carbons (Fsp3) is 0.875. The summed E-state index contributed by atoms with van der Waals surface area (Å²) >= 11 is 0. The number of carbonyl (C=O) groups excluding carboxylic acids is 1. The molecule has 0 amide bonds. The smallest absolute Gasteiger partial charge is 0.393 e. The maximum atomic E-state index is 14.1. The highest BCUT2D eigenvalue weighted by Gasteiger charge is 3.03.